The molecule has 0 bridgehead atoms. The number of hydrogen-bond acceptors (Lipinski definition) is 2. The Labute approximate surface area is 145 Å². The zero-order chi connectivity index (χ0) is 18.3. The van der Waals surface area contributed by atoms with Crippen molar-refractivity contribution in [3.8, 4) is 0 Å². The van der Waals surface area contributed by atoms with E-state index in [1.54, 1.807) is 4.90 Å². The first-order valence-corrected chi connectivity index (χ1v) is 8.64. The minimum atomic E-state index is -0.316. The minimum Gasteiger partial charge on any atom is -0.369 e. The lowest BCUT2D eigenvalue weighted by Gasteiger charge is -2.27. The van der Waals surface area contributed by atoms with Crippen LogP contribution in [-0.4, -0.2) is 29.8 Å². The smallest absolute Gasteiger partial charge is 0.253 e. The predicted molar refractivity (Wildman–Crippen MR) is 97.0 cm³/mol. The van der Waals surface area contributed by atoms with E-state index < -0.39 is 0 Å². The minimum absolute atomic E-state index is 0.00431. The summed E-state index contributed by atoms with van der Waals surface area (Å²) in [5.41, 5.74) is 8.34. The van der Waals surface area contributed by atoms with Crippen molar-refractivity contribution in [2.24, 2.45) is 11.7 Å². The number of carbonyl (C=O) groups is 2. The maximum atomic E-state index is 12.9. The number of amides is 2. The first-order chi connectivity index (χ1) is 10.9. The molecule has 0 aliphatic carbocycles. The zero-order valence-corrected chi connectivity index (χ0v) is 15.8. The van der Waals surface area contributed by atoms with Crippen LogP contribution in [0.4, 0.5) is 0 Å². The molecule has 1 fully saturated rings. The maximum Gasteiger partial charge on any atom is 0.253 e. The third-order valence-electron chi connectivity index (χ3n) is 4.79. The molecule has 0 spiro atoms. The van der Waals surface area contributed by atoms with Crippen LogP contribution in [0.2, 0.25) is 0 Å². The molecule has 132 valence electrons. The predicted octanol–water partition coefficient (Wildman–Crippen LogP) is 3.23. The van der Waals surface area contributed by atoms with Gasteiger partial charge >= 0.3 is 0 Å². The molecule has 2 amide bonds. The number of hydrogen-bond donors (Lipinski definition) is 1. The van der Waals surface area contributed by atoms with Crippen LogP contribution < -0.4 is 5.73 Å². The summed E-state index contributed by atoms with van der Waals surface area (Å²) in [6.07, 6.45) is 0.659. The Morgan fingerprint density at radius 2 is 1.50 bits per heavy atom. The van der Waals surface area contributed by atoms with Crippen molar-refractivity contribution in [2.75, 3.05) is 13.1 Å². The molecule has 0 radical (unpaired) electrons. The lowest BCUT2D eigenvalue weighted by molar-refractivity contribution is -0.121. The Bertz CT molecular complexity index is 618. The molecule has 2 rings (SSSR count). The van der Waals surface area contributed by atoms with E-state index in [1.165, 1.54) is 0 Å². The molecular formula is C20H30N2O2. The fraction of sp³-hybridized carbons (Fsp3) is 0.600. The SMILES string of the molecule is CC(C)(C)c1cc(C(=O)N2CCC(C(N)=O)C2)cc(C(C)(C)C)c1. The van der Waals surface area contributed by atoms with Gasteiger partial charge in [-0.2, -0.15) is 0 Å². The maximum absolute atomic E-state index is 12.9. The summed E-state index contributed by atoms with van der Waals surface area (Å²) in [5, 5.41) is 0. The molecule has 2 N–H and O–H groups in total. The molecule has 1 atom stereocenters. The summed E-state index contributed by atoms with van der Waals surface area (Å²) in [6.45, 7) is 14.0. The van der Waals surface area contributed by atoms with E-state index in [2.05, 4.69) is 47.6 Å². The van der Waals surface area contributed by atoms with Crippen molar-refractivity contribution in [2.45, 2.75) is 58.8 Å². The van der Waals surface area contributed by atoms with E-state index in [4.69, 9.17) is 5.73 Å². The lowest BCUT2D eigenvalue weighted by Crippen LogP contribution is -2.32. The van der Waals surface area contributed by atoms with Gasteiger partial charge < -0.3 is 10.6 Å². The van der Waals surface area contributed by atoms with Gasteiger partial charge in [0.2, 0.25) is 5.91 Å². The molecular weight excluding hydrogens is 300 g/mol. The van der Waals surface area contributed by atoms with Crippen molar-refractivity contribution in [3.05, 3.63) is 34.9 Å². The van der Waals surface area contributed by atoms with Gasteiger partial charge in [-0.3, -0.25) is 9.59 Å². The molecule has 0 saturated carbocycles. The Morgan fingerprint density at radius 1 is 1.00 bits per heavy atom. The van der Waals surface area contributed by atoms with Crippen LogP contribution in [0, 0.1) is 5.92 Å². The molecule has 1 unspecified atom stereocenters. The van der Waals surface area contributed by atoms with Gasteiger partial charge in [-0.15, -0.1) is 0 Å². The number of carbonyl (C=O) groups excluding carboxylic acids is 2. The van der Waals surface area contributed by atoms with Gasteiger partial charge in [-0.05, 0) is 40.5 Å². The summed E-state index contributed by atoms with van der Waals surface area (Å²) >= 11 is 0. The van der Waals surface area contributed by atoms with E-state index in [-0.39, 0.29) is 28.6 Å². The second-order valence-electron chi connectivity index (χ2n) is 8.94. The molecule has 1 aromatic rings. The van der Waals surface area contributed by atoms with Gasteiger partial charge in [0.15, 0.2) is 0 Å². The molecule has 1 heterocycles. The number of nitrogens with two attached hydrogens (primary N) is 1. The molecule has 0 aromatic heterocycles. The zero-order valence-electron chi connectivity index (χ0n) is 15.8. The van der Waals surface area contributed by atoms with Crippen LogP contribution in [0.3, 0.4) is 0 Å². The Morgan fingerprint density at radius 3 is 1.88 bits per heavy atom. The summed E-state index contributed by atoms with van der Waals surface area (Å²) in [5.74, 6) is -0.540. The van der Waals surface area contributed by atoms with Gasteiger partial charge in [0.05, 0.1) is 5.92 Å². The quantitative estimate of drug-likeness (QED) is 0.905. The highest BCUT2D eigenvalue weighted by Crippen LogP contribution is 2.31. The van der Waals surface area contributed by atoms with Crippen LogP contribution >= 0.6 is 0 Å². The van der Waals surface area contributed by atoms with Gasteiger partial charge in [0.1, 0.15) is 0 Å². The Balaban J connectivity index is 2.39. The molecule has 1 saturated heterocycles. The van der Waals surface area contributed by atoms with E-state index in [9.17, 15) is 9.59 Å². The molecule has 1 aliphatic heterocycles. The highest BCUT2D eigenvalue weighted by atomic mass is 16.2. The second kappa shape index (κ2) is 6.23. The second-order valence-corrected chi connectivity index (χ2v) is 8.94. The Hall–Kier alpha value is -1.84. The first-order valence-electron chi connectivity index (χ1n) is 8.64. The number of rotatable bonds is 2. The lowest BCUT2D eigenvalue weighted by atomic mass is 9.79. The van der Waals surface area contributed by atoms with Crippen molar-refractivity contribution < 1.29 is 9.59 Å². The van der Waals surface area contributed by atoms with Crippen LogP contribution in [0.25, 0.3) is 0 Å². The van der Waals surface area contributed by atoms with E-state index in [0.29, 0.717) is 25.1 Å². The molecule has 1 aliphatic rings. The standard InChI is InChI=1S/C20H30N2O2/c1-19(2,3)15-9-14(10-16(11-15)20(4,5)6)18(24)22-8-7-13(12-22)17(21)23/h9-11,13H,7-8,12H2,1-6H3,(H2,21,23). The molecule has 1 aromatic carbocycles. The first kappa shape index (κ1) is 18.5. The summed E-state index contributed by atoms with van der Waals surface area (Å²) in [6, 6.07) is 6.19. The number of primary amides is 1. The highest BCUT2D eigenvalue weighted by Gasteiger charge is 2.31. The number of benzene rings is 1. The highest BCUT2D eigenvalue weighted by molar-refractivity contribution is 5.95. The average Bonchev–Trinajstić information content (AvgIpc) is 2.94. The van der Waals surface area contributed by atoms with Crippen LogP contribution in [-0.2, 0) is 15.6 Å². The van der Waals surface area contributed by atoms with Crippen molar-refractivity contribution in [1.82, 2.24) is 4.90 Å². The molecule has 4 nitrogen and oxygen atoms in total. The molecule has 24 heavy (non-hydrogen) atoms. The van der Waals surface area contributed by atoms with Gasteiger partial charge in [0, 0.05) is 18.7 Å². The van der Waals surface area contributed by atoms with Crippen LogP contribution in [0.15, 0.2) is 18.2 Å². The van der Waals surface area contributed by atoms with Crippen LogP contribution in [0.5, 0.6) is 0 Å². The van der Waals surface area contributed by atoms with E-state index >= 15 is 0 Å². The van der Waals surface area contributed by atoms with Crippen LogP contribution in [0.1, 0.15) is 69.4 Å². The fourth-order valence-corrected chi connectivity index (χ4v) is 2.98. The third-order valence-corrected chi connectivity index (χ3v) is 4.79. The van der Waals surface area contributed by atoms with E-state index in [1.807, 2.05) is 12.1 Å². The van der Waals surface area contributed by atoms with Gasteiger partial charge in [0.25, 0.3) is 5.91 Å². The fourth-order valence-electron chi connectivity index (χ4n) is 2.98. The summed E-state index contributed by atoms with van der Waals surface area (Å²) in [4.78, 5) is 26.1. The van der Waals surface area contributed by atoms with Gasteiger partial charge in [-0.25, -0.2) is 0 Å². The Kier molecular flexibility index (Phi) is 4.80. The largest absolute Gasteiger partial charge is 0.369 e. The normalized spacial score (nSPS) is 18.8. The van der Waals surface area contributed by atoms with Crippen molar-refractivity contribution >= 4 is 11.8 Å². The topological polar surface area (TPSA) is 63.4 Å². The summed E-state index contributed by atoms with van der Waals surface area (Å²) in [7, 11) is 0. The van der Waals surface area contributed by atoms with E-state index in [0.717, 1.165) is 11.1 Å². The number of nitrogens with zero attached hydrogens (tertiary/aromatic N) is 1. The monoisotopic (exact) mass is 330 g/mol. The molecule has 4 heteroatoms. The van der Waals surface area contributed by atoms with Crippen molar-refractivity contribution in [1.29, 1.82) is 0 Å². The number of likely N-dealkylation sites (tertiary alicyclic amines) is 1. The van der Waals surface area contributed by atoms with Gasteiger partial charge in [-0.1, -0.05) is 47.6 Å². The summed E-state index contributed by atoms with van der Waals surface area (Å²) < 4.78 is 0. The third kappa shape index (κ3) is 3.97. The van der Waals surface area contributed by atoms with Crippen molar-refractivity contribution in [3.63, 3.8) is 0 Å². The average molecular weight is 330 g/mol.